The van der Waals surface area contributed by atoms with E-state index < -0.39 is 16.9 Å². The Morgan fingerprint density at radius 3 is 2.91 bits per heavy atom. The quantitative estimate of drug-likeness (QED) is 0.459. The van der Waals surface area contributed by atoms with Crippen molar-refractivity contribution in [3.8, 4) is 5.75 Å². The summed E-state index contributed by atoms with van der Waals surface area (Å²) in [6, 6.07) is 8.56. The van der Waals surface area contributed by atoms with Crippen LogP contribution in [0.4, 0.5) is 5.69 Å². The number of rotatable bonds is 6. The number of ether oxygens (including phenoxy) is 1. The predicted molar refractivity (Wildman–Crippen MR) is 90.9 cm³/mol. The number of hydrogen-bond acceptors (Lipinski definition) is 6. The van der Waals surface area contributed by atoms with E-state index in [9.17, 15) is 14.9 Å². The van der Waals surface area contributed by atoms with Gasteiger partial charge in [0.15, 0.2) is 6.10 Å². The molecule has 0 saturated carbocycles. The molecule has 2 aromatic rings. The molecular weight excluding hydrogens is 386 g/mol. The van der Waals surface area contributed by atoms with Crippen LogP contribution in [-0.4, -0.2) is 23.1 Å². The molecule has 1 amide bonds. The second-order valence-corrected chi connectivity index (χ2v) is 6.19. The van der Waals surface area contributed by atoms with Gasteiger partial charge in [-0.15, -0.1) is 11.3 Å². The molecule has 1 heterocycles. The molecule has 1 unspecified atom stereocenters. The Morgan fingerprint density at radius 1 is 1.52 bits per heavy atom. The highest BCUT2D eigenvalue weighted by Gasteiger charge is 2.15. The first-order valence-corrected chi connectivity index (χ1v) is 8.11. The molecular formula is C14H12BrN3O4S. The SMILES string of the molecule is CC(Oc1ccccc1Br)C(=O)N/N=C/c1cc([N+](=O)[O-])cs1. The van der Waals surface area contributed by atoms with Gasteiger partial charge in [0, 0.05) is 6.07 Å². The van der Waals surface area contributed by atoms with E-state index in [0.29, 0.717) is 10.6 Å². The van der Waals surface area contributed by atoms with Crippen molar-refractivity contribution >= 4 is 45.1 Å². The van der Waals surface area contributed by atoms with E-state index in [1.165, 1.54) is 17.7 Å². The summed E-state index contributed by atoms with van der Waals surface area (Å²) in [4.78, 5) is 22.5. The van der Waals surface area contributed by atoms with Crippen molar-refractivity contribution in [3.63, 3.8) is 0 Å². The van der Waals surface area contributed by atoms with Gasteiger partial charge in [0.1, 0.15) is 5.75 Å². The summed E-state index contributed by atoms with van der Waals surface area (Å²) in [7, 11) is 0. The lowest BCUT2D eigenvalue weighted by Gasteiger charge is -2.13. The van der Waals surface area contributed by atoms with Gasteiger partial charge in [0.25, 0.3) is 11.6 Å². The topological polar surface area (TPSA) is 93.8 Å². The average molecular weight is 398 g/mol. The number of carbonyl (C=O) groups excluding carboxylic acids is 1. The number of amides is 1. The zero-order chi connectivity index (χ0) is 16.8. The molecule has 0 bridgehead atoms. The standard InChI is InChI=1S/C14H12BrN3O4S/c1-9(22-13-5-3-2-4-12(13)15)14(19)17-16-7-11-6-10(8-23-11)18(20)21/h2-9H,1H3,(H,17,19)/b16-7+. The first-order valence-electron chi connectivity index (χ1n) is 6.44. The normalized spacial score (nSPS) is 12.1. The number of benzene rings is 1. The number of hydrazone groups is 1. The zero-order valence-electron chi connectivity index (χ0n) is 11.9. The van der Waals surface area contributed by atoms with Crippen molar-refractivity contribution in [2.24, 2.45) is 5.10 Å². The fourth-order valence-corrected chi connectivity index (χ4v) is 2.63. The third kappa shape index (κ3) is 4.86. The summed E-state index contributed by atoms with van der Waals surface area (Å²) in [5.41, 5.74) is 2.33. The second-order valence-electron chi connectivity index (χ2n) is 4.39. The molecule has 0 saturated heterocycles. The lowest BCUT2D eigenvalue weighted by molar-refractivity contribution is -0.384. The van der Waals surface area contributed by atoms with Gasteiger partial charge in [-0.2, -0.15) is 5.10 Å². The average Bonchev–Trinajstić information content (AvgIpc) is 2.98. The molecule has 7 nitrogen and oxygen atoms in total. The largest absolute Gasteiger partial charge is 0.480 e. The maximum atomic E-state index is 11.9. The highest BCUT2D eigenvalue weighted by atomic mass is 79.9. The van der Waals surface area contributed by atoms with Crippen LogP contribution < -0.4 is 10.2 Å². The van der Waals surface area contributed by atoms with Crippen LogP contribution >= 0.6 is 27.3 Å². The predicted octanol–water partition coefficient (Wildman–Crippen LogP) is 3.34. The van der Waals surface area contributed by atoms with Crippen LogP contribution in [0.5, 0.6) is 5.75 Å². The molecule has 2 rings (SSSR count). The van der Waals surface area contributed by atoms with Crippen molar-refractivity contribution in [2.75, 3.05) is 0 Å². The van der Waals surface area contributed by atoms with Gasteiger partial charge < -0.3 is 4.74 Å². The molecule has 0 aliphatic rings. The van der Waals surface area contributed by atoms with Gasteiger partial charge in [-0.3, -0.25) is 14.9 Å². The number of nitrogens with one attached hydrogen (secondary N) is 1. The number of nitro groups is 1. The maximum Gasteiger partial charge on any atom is 0.280 e. The van der Waals surface area contributed by atoms with Gasteiger partial charge in [-0.25, -0.2) is 5.43 Å². The summed E-state index contributed by atoms with van der Waals surface area (Å²) in [5, 5.41) is 15.7. The third-order valence-electron chi connectivity index (χ3n) is 2.69. The summed E-state index contributed by atoms with van der Waals surface area (Å²) in [6.45, 7) is 1.60. The van der Waals surface area contributed by atoms with Crippen LogP contribution in [0.1, 0.15) is 11.8 Å². The maximum absolute atomic E-state index is 11.9. The smallest absolute Gasteiger partial charge is 0.280 e. The molecule has 1 aromatic heterocycles. The monoisotopic (exact) mass is 397 g/mol. The first kappa shape index (κ1) is 17.1. The highest BCUT2D eigenvalue weighted by molar-refractivity contribution is 9.10. The van der Waals surface area contributed by atoms with Crippen LogP contribution in [0.3, 0.4) is 0 Å². The number of para-hydroxylation sites is 1. The summed E-state index contributed by atoms with van der Waals surface area (Å²) in [6.07, 6.45) is 0.601. The fourth-order valence-electron chi connectivity index (χ4n) is 1.54. The van der Waals surface area contributed by atoms with Gasteiger partial charge in [-0.05, 0) is 35.0 Å². The minimum Gasteiger partial charge on any atom is -0.480 e. The molecule has 0 spiro atoms. The highest BCUT2D eigenvalue weighted by Crippen LogP contribution is 2.24. The van der Waals surface area contributed by atoms with Gasteiger partial charge in [-0.1, -0.05) is 12.1 Å². The van der Waals surface area contributed by atoms with Crippen LogP contribution in [-0.2, 0) is 4.79 Å². The molecule has 1 atom stereocenters. The van der Waals surface area contributed by atoms with E-state index in [4.69, 9.17) is 4.74 Å². The number of nitrogens with zero attached hydrogens (tertiary/aromatic N) is 2. The van der Waals surface area contributed by atoms with Crippen molar-refractivity contribution < 1.29 is 14.5 Å². The Morgan fingerprint density at radius 2 is 2.26 bits per heavy atom. The van der Waals surface area contributed by atoms with Crippen molar-refractivity contribution in [2.45, 2.75) is 13.0 Å². The van der Waals surface area contributed by atoms with Crippen LogP contribution in [0.2, 0.25) is 0 Å². The van der Waals surface area contributed by atoms with Gasteiger partial charge in [0.2, 0.25) is 0 Å². The van der Waals surface area contributed by atoms with E-state index in [0.717, 1.165) is 15.8 Å². The fraction of sp³-hybridized carbons (Fsp3) is 0.143. The molecule has 0 aliphatic heterocycles. The number of carbonyl (C=O) groups is 1. The molecule has 23 heavy (non-hydrogen) atoms. The van der Waals surface area contributed by atoms with Crippen LogP contribution in [0, 0.1) is 10.1 Å². The number of halogens is 1. The van der Waals surface area contributed by atoms with Gasteiger partial charge in [0.05, 0.1) is 25.9 Å². The van der Waals surface area contributed by atoms with E-state index in [1.807, 2.05) is 12.1 Å². The molecule has 0 radical (unpaired) electrons. The summed E-state index contributed by atoms with van der Waals surface area (Å²) >= 11 is 4.49. The minimum atomic E-state index is -0.747. The van der Waals surface area contributed by atoms with Crippen LogP contribution in [0.25, 0.3) is 0 Å². The lowest BCUT2D eigenvalue weighted by Crippen LogP contribution is -2.33. The molecule has 1 N–H and O–H groups in total. The summed E-state index contributed by atoms with van der Waals surface area (Å²) < 4.78 is 6.27. The van der Waals surface area contributed by atoms with E-state index in [-0.39, 0.29) is 5.69 Å². The Labute approximate surface area is 144 Å². The molecule has 1 aromatic carbocycles. The molecule has 120 valence electrons. The van der Waals surface area contributed by atoms with Crippen molar-refractivity contribution in [1.82, 2.24) is 5.43 Å². The third-order valence-corrected chi connectivity index (χ3v) is 4.20. The Hall–Kier alpha value is -2.26. The zero-order valence-corrected chi connectivity index (χ0v) is 14.3. The number of thiophene rings is 1. The Balaban J connectivity index is 1.89. The van der Waals surface area contributed by atoms with Crippen molar-refractivity contribution in [3.05, 3.63) is 55.2 Å². The van der Waals surface area contributed by atoms with Gasteiger partial charge >= 0.3 is 0 Å². The Bertz CT molecular complexity index is 747. The summed E-state index contributed by atoms with van der Waals surface area (Å²) in [5.74, 6) is 0.121. The lowest BCUT2D eigenvalue weighted by atomic mass is 10.3. The molecule has 0 fully saturated rings. The van der Waals surface area contributed by atoms with E-state index >= 15 is 0 Å². The second kappa shape index (κ2) is 7.84. The Kier molecular flexibility index (Phi) is 5.83. The number of hydrogen-bond donors (Lipinski definition) is 1. The molecule has 9 heteroatoms. The minimum absolute atomic E-state index is 0.00611. The van der Waals surface area contributed by atoms with Crippen LogP contribution in [0.15, 0.2) is 45.3 Å². The first-order chi connectivity index (χ1) is 11.0. The van der Waals surface area contributed by atoms with Crippen molar-refractivity contribution in [1.29, 1.82) is 0 Å². The van der Waals surface area contributed by atoms with E-state index in [1.54, 1.807) is 19.1 Å². The molecule has 0 aliphatic carbocycles. The van der Waals surface area contributed by atoms with E-state index in [2.05, 4.69) is 26.5 Å².